The van der Waals surface area contributed by atoms with Gasteiger partial charge in [-0.05, 0) is 30.7 Å². The first-order valence-corrected chi connectivity index (χ1v) is 9.65. The van der Waals surface area contributed by atoms with Crippen LogP contribution in [0.3, 0.4) is 0 Å². The molecular formula is C22H22N6O. The van der Waals surface area contributed by atoms with E-state index in [1.165, 1.54) is 0 Å². The van der Waals surface area contributed by atoms with Crippen LogP contribution < -0.4 is 9.64 Å². The average Bonchev–Trinajstić information content (AvgIpc) is 3.04. The maximum Gasteiger partial charge on any atom is 0.318 e. The van der Waals surface area contributed by atoms with Gasteiger partial charge in [0.15, 0.2) is 0 Å². The molecule has 0 saturated carbocycles. The summed E-state index contributed by atoms with van der Waals surface area (Å²) in [5, 5.41) is 0. The van der Waals surface area contributed by atoms with Crippen LogP contribution >= 0.6 is 0 Å². The zero-order valence-corrected chi connectivity index (χ0v) is 16.7. The maximum atomic E-state index is 5.34. The molecule has 0 unspecified atom stereocenters. The Balaban J connectivity index is 1.41. The first-order valence-electron chi connectivity index (χ1n) is 9.65. The van der Waals surface area contributed by atoms with Crippen LogP contribution in [0, 0.1) is 6.92 Å². The molecule has 0 aliphatic carbocycles. The third-order valence-corrected chi connectivity index (χ3v) is 5.44. The summed E-state index contributed by atoms with van der Waals surface area (Å²) >= 11 is 0. The predicted molar refractivity (Wildman–Crippen MR) is 112 cm³/mol. The molecule has 1 aliphatic heterocycles. The number of fused-ring (bicyclic) bond motifs is 1. The Bertz CT molecular complexity index is 1180. The summed E-state index contributed by atoms with van der Waals surface area (Å²) in [5.74, 6) is 2.34. The van der Waals surface area contributed by atoms with Gasteiger partial charge in [0, 0.05) is 32.4 Å². The highest BCUT2D eigenvalue weighted by molar-refractivity contribution is 5.76. The number of hydrogen-bond acceptors (Lipinski definition) is 6. The van der Waals surface area contributed by atoms with E-state index in [-0.39, 0.29) is 0 Å². The van der Waals surface area contributed by atoms with Gasteiger partial charge >= 0.3 is 6.01 Å². The summed E-state index contributed by atoms with van der Waals surface area (Å²) < 4.78 is 7.53. The Hall–Kier alpha value is -3.48. The monoisotopic (exact) mass is 386 g/mol. The Kier molecular flexibility index (Phi) is 4.16. The van der Waals surface area contributed by atoms with Crippen molar-refractivity contribution in [2.45, 2.75) is 12.8 Å². The van der Waals surface area contributed by atoms with Gasteiger partial charge in [-0.2, -0.15) is 9.97 Å². The topological polar surface area (TPSA) is 69.0 Å². The van der Waals surface area contributed by atoms with Crippen molar-refractivity contribution in [2.75, 3.05) is 25.1 Å². The summed E-state index contributed by atoms with van der Waals surface area (Å²) in [6.07, 6.45) is 1.84. The van der Waals surface area contributed by atoms with Crippen molar-refractivity contribution in [3.8, 4) is 17.4 Å². The number of rotatable bonds is 4. The van der Waals surface area contributed by atoms with Gasteiger partial charge in [0.1, 0.15) is 11.6 Å². The number of imidazole rings is 1. The van der Waals surface area contributed by atoms with Crippen molar-refractivity contribution in [1.29, 1.82) is 0 Å². The molecule has 0 spiro atoms. The summed E-state index contributed by atoms with van der Waals surface area (Å²) in [4.78, 5) is 20.6. The van der Waals surface area contributed by atoms with Gasteiger partial charge in [0.25, 0.3) is 0 Å². The van der Waals surface area contributed by atoms with E-state index in [0.29, 0.717) is 11.9 Å². The van der Waals surface area contributed by atoms with Gasteiger partial charge in [0.05, 0.1) is 35.4 Å². The number of anilines is 1. The number of aryl methyl sites for hydroxylation is 2. The highest BCUT2D eigenvalue weighted by atomic mass is 16.5. The fourth-order valence-corrected chi connectivity index (χ4v) is 3.77. The Morgan fingerprint density at radius 2 is 1.83 bits per heavy atom. The van der Waals surface area contributed by atoms with Crippen LogP contribution in [0.1, 0.15) is 17.3 Å². The van der Waals surface area contributed by atoms with Crippen LogP contribution in [-0.2, 0) is 7.05 Å². The van der Waals surface area contributed by atoms with E-state index in [0.717, 1.165) is 52.7 Å². The SMILES string of the molecule is COc1nc(-c2ccc(C)cn2)cc(N2CC(c3nc4ccccc4n3C)C2)n1. The van der Waals surface area contributed by atoms with E-state index in [4.69, 9.17) is 9.72 Å². The normalized spacial score (nSPS) is 14.2. The summed E-state index contributed by atoms with van der Waals surface area (Å²) in [6.45, 7) is 3.74. The number of aromatic nitrogens is 5. The van der Waals surface area contributed by atoms with E-state index in [1.54, 1.807) is 7.11 Å². The lowest BCUT2D eigenvalue weighted by Crippen LogP contribution is -2.46. The molecule has 146 valence electrons. The smallest absolute Gasteiger partial charge is 0.318 e. The number of nitrogens with zero attached hydrogens (tertiary/aromatic N) is 6. The number of para-hydroxylation sites is 2. The van der Waals surface area contributed by atoms with Crippen molar-refractivity contribution in [2.24, 2.45) is 7.05 Å². The van der Waals surface area contributed by atoms with Crippen LogP contribution in [0.4, 0.5) is 5.82 Å². The first kappa shape index (κ1) is 17.6. The average molecular weight is 386 g/mol. The zero-order valence-electron chi connectivity index (χ0n) is 16.7. The quantitative estimate of drug-likeness (QED) is 0.536. The second kappa shape index (κ2) is 6.84. The van der Waals surface area contributed by atoms with Crippen LogP contribution in [0.15, 0.2) is 48.7 Å². The van der Waals surface area contributed by atoms with Crippen molar-refractivity contribution in [3.63, 3.8) is 0 Å². The van der Waals surface area contributed by atoms with E-state index < -0.39 is 0 Å². The Morgan fingerprint density at radius 1 is 1.00 bits per heavy atom. The van der Waals surface area contributed by atoms with E-state index in [2.05, 4.69) is 49.7 Å². The zero-order chi connectivity index (χ0) is 20.0. The largest absolute Gasteiger partial charge is 0.467 e. The van der Waals surface area contributed by atoms with Crippen LogP contribution in [0.2, 0.25) is 0 Å². The van der Waals surface area contributed by atoms with Gasteiger partial charge in [-0.3, -0.25) is 4.98 Å². The van der Waals surface area contributed by atoms with Gasteiger partial charge in [-0.15, -0.1) is 0 Å². The number of hydrogen-bond donors (Lipinski definition) is 0. The molecule has 29 heavy (non-hydrogen) atoms. The lowest BCUT2D eigenvalue weighted by molar-refractivity contribution is 0.378. The Morgan fingerprint density at radius 3 is 2.55 bits per heavy atom. The summed E-state index contributed by atoms with van der Waals surface area (Å²) in [5.41, 5.74) is 4.89. The Labute approximate surface area is 169 Å². The third kappa shape index (κ3) is 3.08. The van der Waals surface area contributed by atoms with Crippen molar-refractivity contribution < 1.29 is 4.74 Å². The van der Waals surface area contributed by atoms with Crippen molar-refractivity contribution >= 4 is 16.9 Å². The van der Waals surface area contributed by atoms with Crippen molar-refractivity contribution in [3.05, 3.63) is 60.0 Å². The minimum absolute atomic E-state index is 0.353. The first-order chi connectivity index (χ1) is 14.1. The molecule has 4 heterocycles. The molecule has 1 fully saturated rings. The predicted octanol–water partition coefficient (Wildman–Crippen LogP) is 3.35. The maximum absolute atomic E-state index is 5.34. The molecule has 0 amide bonds. The number of pyridine rings is 1. The van der Waals surface area contributed by atoms with Gasteiger partial charge in [-0.25, -0.2) is 4.98 Å². The third-order valence-electron chi connectivity index (χ3n) is 5.44. The highest BCUT2D eigenvalue weighted by Gasteiger charge is 2.33. The van der Waals surface area contributed by atoms with E-state index >= 15 is 0 Å². The number of ether oxygens (including phenoxy) is 1. The lowest BCUT2D eigenvalue weighted by Gasteiger charge is -2.39. The summed E-state index contributed by atoms with van der Waals surface area (Å²) in [6, 6.07) is 14.6. The molecule has 0 bridgehead atoms. The molecule has 4 aromatic rings. The van der Waals surface area contributed by atoms with Gasteiger partial charge in [0.2, 0.25) is 0 Å². The minimum atomic E-state index is 0.353. The molecule has 1 aliphatic rings. The molecule has 0 radical (unpaired) electrons. The van der Waals surface area contributed by atoms with Crippen LogP contribution in [0.5, 0.6) is 6.01 Å². The molecule has 0 atom stereocenters. The molecule has 1 aromatic carbocycles. The fourth-order valence-electron chi connectivity index (χ4n) is 3.77. The fraction of sp³-hybridized carbons (Fsp3) is 0.273. The molecular weight excluding hydrogens is 364 g/mol. The second-order valence-electron chi connectivity index (χ2n) is 7.44. The molecule has 1 saturated heterocycles. The second-order valence-corrected chi connectivity index (χ2v) is 7.44. The standard InChI is InChI=1S/C22H22N6O/c1-14-8-9-16(23-11-14)18-10-20(26-22(25-18)29-3)28-12-15(13-28)21-24-17-6-4-5-7-19(17)27(21)2/h4-11,15H,12-13H2,1-3H3. The van der Waals surface area contributed by atoms with Crippen LogP contribution in [0.25, 0.3) is 22.4 Å². The lowest BCUT2D eigenvalue weighted by atomic mass is 9.99. The molecule has 7 nitrogen and oxygen atoms in total. The van der Waals surface area contributed by atoms with Gasteiger partial charge < -0.3 is 14.2 Å². The number of methoxy groups -OCH3 is 1. The molecule has 7 heteroatoms. The van der Waals surface area contributed by atoms with Gasteiger partial charge in [-0.1, -0.05) is 18.2 Å². The summed E-state index contributed by atoms with van der Waals surface area (Å²) in [7, 11) is 3.67. The van der Waals surface area contributed by atoms with E-state index in [1.807, 2.05) is 37.4 Å². The molecule has 5 rings (SSSR count). The van der Waals surface area contributed by atoms with Crippen molar-refractivity contribution in [1.82, 2.24) is 24.5 Å². The molecule has 0 N–H and O–H groups in total. The minimum Gasteiger partial charge on any atom is -0.467 e. The molecule has 3 aromatic heterocycles. The number of benzene rings is 1. The van der Waals surface area contributed by atoms with E-state index in [9.17, 15) is 0 Å². The highest BCUT2D eigenvalue weighted by Crippen LogP contribution is 2.33. The van der Waals surface area contributed by atoms with Crippen LogP contribution in [-0.4, -0.2) is 44.7 Å².